The summed E-state index contributed by atoms with van der Waals surface area (Å²) in [7, 11) is 0. The van der Waals surface area contributed by atoms with Gasteiger partial charge >= 0.3 is 0 Å². The van der Waals surface area contributed by atoms with E-state index in [-0.39, 0.29) is 22.2 Å². The number of nitro benzene ring substituents is 1. The monoisotopic (exact) mass is 508 g/mol. The van der Waals surface area contributed by atoms with Crippen molar-refractivity contribution in [3.63, 3.8) is 0 Å². The van der Waals surface area contributed by atoms with E-state index < -0.39 is 16.1 Å². The van der Waals surface area contributed by atoms with Crippen molar-refractivity contribution in [3.05, 3.63) is 89.9 Å². The van der Waals surface area contributed by atoms with Crippen LogP contribution >= 0.6 is 46.6 Å². The smallest absolute Gasteiger partial charge is 0.293 e. The Morgan fingerprint density at radius 2 is 1.78 bits per heavy atom. The van der Waals surface area contributed by atoms with E-state index >= 15 is 0 Å². The number of non-ortho nitro benzene ring substituents is 1. The van der Waals surface area contributed by atoms with Crippen molar-refractivity contribution in [2.24, 2.45) is 0 Å². The highest BCUT2D eigenvalue weighted by Crippen LogP contribution is 2.36. The Morgan fingerprint density at radius 1 is 1.00 bits per heavy atom. The van der Waals surface area contributed by atoms with E-state index in [2.05, 4.69) is 0 Å². The van der Waals surface area contributed by atoms with Gasteiger partial charge in [0, 0.05) is 23.8 Å². The quantitative estimate of drug-likeness (QED) is 0.208. The number of furan rings is 1. The maximum absolute atomic E-state index is 12.7. The molecule has 1 fully saturated rings. The van der Waals surface area contributed by atoms with E-state index in [1.54, 1.807) is 30.3 Å². The van der Waals surface area contributed by atoms with Gasteiger partial charge in [0.2, 0.25) is 0 Å². The van der Waals surface area contributed by atoms with Crippen molar-refractivity contribution in [1.29, 1.82) is 0 Å². The van der Waals surface area contributed by atoms with Crippen LogP contribution in [0.3, 0.4) is 0 Å². The number of hydrogen-bond acceptors (Lipinski definition) is 6. The SMILES string of the molecule is O=C1S/C(=C\c2ccc(-c3ccc([N+](=O)[O-])cc3Cl)o2)C(=O)N1Cc1ccc(Cl)c(Cl)c1. The Kier molecular flexibility index (Phi) is 6.30. The molecular formula is C21H11Cl3N2O5S. The number of hydrogen-bond donors (Lipinski definition) is 0. The molecule has 0 N–H and O–H groups in total. The summed E-state index contributed by atoms with van der Waals surface area (Å²) >= 11 is 18.8. The van der Waals surface area contributed by atoms with Crippen LogP contribution in [0.2, 0.25) is 15.1 Å². The van der Waals surface area contributed by atoms with Gasteiger partial charge in [-0.2, -0.15) is 0 Å². The summed E-state index contributed by atoms with van der Waals surface area (Å²) in [4.78, 5) is 36.7. The van der Waals surface area contributed by atoms with Crippen molar-refractivity contribution in [2.45, 2.75) is 6.54 Å². The van der Waals surface area contributed by atoms with Gasteiger partial charge in [0.15, 0.2) is 0 Å². The third-order valence-corrected chi connectivity index (χ3v) is 6.49. The predicted molar refractivity (Wildman–Crippen MR) is 124 cm³/mol. The Balaban J connectivity index is 1.54. The Morgan fingerprint density at radius 3 is 2.47 bits per heavy atom. The summed E-state index contributed by atoms with van der Waals surface area (Å²) in [5.74, 6) is 0.234. The predicted octanol–water partition coefficient (Wildman–Crippen LogP) is 7.05. The van der Waals surface area contributed by atoms with Crippen molar-refractivity contribution < 1.29 is 18.9 Å². The lowest BCUT2D eigenvalue weighted by Crippen LogP contribution is -2.27. The molecule has 2 amide bonds. The number of imide groups is 1. The summed E-state index contributed by atoms with van der Waals surface area (Å²) in [5.41, 5.74) is 0.988. The molecule has 2 aromatic carbocycles. The largest absolute Gasteiger partial charge is 0.457 e. The molecule has 7 nitrogen and oxygen atoms in total. The van der Waals surface area contributed by atoms with Crippen LogP contribution in [0.1, 0.15) is 11.3 Å². The second-order valence-electron chi connectivity index (χ2n) is 6.64. The molecule has 0 spiro atoms. The van der Waals surface area contributed by atoms with Gasteiger partial charge in [0.25, 0.3) is 16.8 Å². The molecule has 0 unspecified atom stereocenters. The van der Waals surface area contributed by atoms with Gasteiger partial charge in [0.05, 0.1) is 31.4 Å². The van der Waals surface area contributed by atoms with Gasteiger partial charge in [-0.3, -0.25) is 24.6 Å². The zero-order valence-electron chi connectivity index (χ0n) is 15.9. The van der Waals surface area contributed by atoms with Gasteiger partial charge in [-0.25, -0.2) is 0 Å². The molecule has 4 rings (SSSR count). The second kappa shape index (κ2) is 8.99. The molecule has 162 valence electrons. The van der Waals surface area contributed by atoms with Crippen molar-refractivity contribution in [3.8, 4) is 11.3 Å². The molecule has 1 aliphatic rings. The lowest BCUT2D eigenvalue weighted by Gasteiger charge is -2.12. The lowest BCUT2D eigenvalue weighted by atomic mass is 10.1. The van der Waals surface area contributed by atoms with E-state index in [1.165, 1.54) is 24.3 Å². The second-order valence-corrected chi connectivity index (χ2v) is 8.85. The van der Waals surface area contributed by atoms with E-state index in [0.29, 0.717) is 32.7 Å². The number of benzene rings is 2. The zero-order chi connectivity index (χ0) is 23.0. The topological polar surface area (TPSA) is 93.7 Å². The fourth-order valence-electron chi connectivity index (χ4n) is 2.98. The minimum absolute atomic E-state index is 0.0563. The van der Waals surface area contributed by atoms with Crippen LogP contribution in [0.5, 0.6) is 0 Å². The first kappa shape index (κ1) is 22.4. The van der Waals surface area contributed by atoms with Crippen molar-refractivity contribution in [2.75, 3.05) is 0 Å². The summed E-state index contributed by atoms with van der Waals surface area (Å²) in [5, 5.41) is 11.3. The molecule has 1 aromatic heterocycles. The minimum atomic E-state index is -0.544. The van der Waals surface area contributed by atoms with E-state index in [9.17, 15) is 19.7 Å². The number of carbonyl (C=O) groups excluding carboxylic acids is 2. The number of amides is 2. The Hall–Kier alpha value is -2.78. The number of thioether (sulfide) groups is 1. The molecule has 0 radical (unpaired) electrons. The number of nitrogens with zero attached hydrogens (tertiary/aromatic N) is 2. The first-order chi connectivity index (χ1) is 15.2. The molecule has 3 aromatic rings. The maximum atomic E-state index is 12.7. The molecule has 0 saturated carbocycles. The first-order valence-electron chi connectivity index (χ1n) is 8.96. The van der Waals surface area contributed by atoms with Crippen LogP contribution < -0.4 is 0 Å². The third-order valence-electron chi connectivity index (χ3n) is 4.53. The van der Waals surface area contributed by atoms with Crippen LogP contribution in [-0.4, -0.2) is 21.0 Å². The number of halogens is 3. The summed E-state index contributed by atoms with van der Waals surface area (Å²) < 4.78 is 5.72. The standard InChI is InChI=1S/C21H11Cl3N2O5S/c22-15-5-1-11(7-17(15)24)10-25-20(27)19(32-21(25)28)9-13-3-6-18(31-13)14-4-2-12(26(29)30)8-16(14)23/h1-9H,10H2/b19-9-. The third kappa shape index (κ3) is 4.54. The highest BCUT2D eigenvalue weighted by molar-refractivity contribution is 8.18. The van der Waals surface area contributed by atoms with E-state index in [1.807, 2.05) is 0 Å². The van der Waals surface area contributed by atoms with Gasteiger partial charge in [-0.15, -0.1) is 0 Å². The molecule has 0 atom stereocenters. The first-order valence-corrected chi connectivity index (χ1v) is 10.9. The van der Waals surface area contributed by atoms with E-state index in [0.717, 1.165) is 16.7 Å². The lowest BCUT2D eigenvalue weighted by molar-refractivity contribution is -0.384. The minimum Gasteiger partial charge on any atom is -0.457 e. The molecule has 1 aliphatic heterocycles. The van der Waals surface area contributed by atoms with Crippen LogP contribution in [0.15, 0.2) is 57.9 Å². The van der Waals surface area contributed by atoms with Crippen LogP contribution in [0, 0.1) is 10.1 Å². The molecular weight excluding hydrogens is 499 g/mol. The molecule has 0 aliphatic carbocycles. The van der Waals surface area contributed by atoms with Gasteiger partial charge < -0.3 is 4.42 Å². The van der Waals surface area contributed by atoms with Crippen LogP contribution in [0.25, 0.3) is 17.4 Å². The molecule has 1 saturated heterocycles. The van der Waals surface area contributed by atoms with E-state index in [4.69, 9.17) is 39.2 Å². The summed E-state index contributed by atoms with van der Waals surface area (Å²) in [6, 6.07) is 12.2. The van der Waals surface area contributed by atoms with Crippen LogP contribution in [-0.2, 0) is 11.3 Å². The average Bonchev–Trinajstić information content (AvgIpc) is 3.30. The number of rotatable bonds is 5. The number of carbonyl (C=O) groups is 2. The molecule has 11 heteroatoms. The molecule has 32 heavy (non-hydrogen) atoms. The Bertz CT molecular complexity index is 1300. The van der Waals surface area contributed by atoms with Gasteiger partial charge in [-0.1, -0.05) is 40.9 Å². The summed E-state index contributed by atoms with van der Waals surface area (Å²) in [6.45, 7) is 0.0563. The highest BCUT2D eigenvalue weighted by Gasteiger charge is 2.35. The van der Waals surface area contributed by atoms with Gasteiger partial charge in [0.1, 0.15) is 11.5 Å². The Labute approximate surface area is 200 Å². The molecule has 0 bridgehead atoms. The maximum Gasteiger partial charge on any atom is 0.293 e. The average molecular weight is 510 g/mol. The normalized spacial score (nSPS) is 15.1. The zero-order valence-corrected chi connectivity index (χ0v) is 19.0. The highest BCUT2D eigenvalue weighted by atomic mass is 35.5. The van der Waals surface area contributed by atoms with Crippen molar-refractivity contribution >= 4 is 69.5 Å². The fraction of sp³-hybridized carbons (Fsp3) is 0.0476. The van der Waals surface area contributed by atoms with Crippen LogP contribution in [0.4, 0.5) is 10.5 Å². The number of nitro groups is 1. The molecule has 2 heterocycles. The fourth-order valence-corrected chi connectivity index (χ4v) is 4.39. The summed E-state index contributed by atoms with van der Waals surface area (Å²) in [6.07, 6.45) is 1.46. The van der Waals surface area contributed by atoms with Crippen molar-refractivity contribution in [1.82, 2.24) is 4.90 Å². The van der Waals surface area contributed by atoms with Gasteiger partial charge in [-0.05, 0) is 47.7 Å².